The van der Waals surface area contributed by atoms with Gasteiger partial charge in [0.15, 0.2) is 0 Å². The summed E-state index contributed by atoms with van der Waals surface area (Å²) < 4.78 is 1.86. The number of rotatable bonds is 4. The first-order valence-corrected chi connectivity index (χ1v) is 7.41. The van der Waals surface area contributed by atoms with E-state index in [1.54, 1.807) is 17.5 Å². The maximum absolute atomic E-state index is 12.0. The van der Waals surface area contributed by atoms with Crippen molar-refractivity contribution in [3.05, 3.63) is 58.2 Å². The molecule has 3 heterocycles. The van der Waals surface area contributed by atoms with Gasteiger partial charge in [-0.1, -0.05) is 0 Å². The van der Waals surface area contributed by atoms with Gasteiger partial charge >= 0.3 is 0 Å². The summed E-state index contributed by atoms with van der Waals surface area (Å²) >= 11 is 1.67. The van der Waals surface area contributed by atoms with Crippen LogP contribution in [0.25, 0.3) is 5.65 Å². The summed E-state index contributed by atoms with van der Waals surface area (Å²) in [6.45, 7) is 2.64. The molecule has 102 valence electrons. The second-order valence-electron chi connectivity index (χ2n) is 4.73. The first-order valence-electron chi connectivity index (χ1n) is 6.47. The summed E-state index contributed by atoms with van der Waals surface area (Å²) in [5, 5.41) is 7.04. The van der Waals surface area contributed by atoms with Gasteiger partial charge in [0.05, 0.1) is 0 Å². The molecule has 0 aromatic carbocycles. The Hall–Kier alpha value is -2.14. The van der Waals surface area contributed by atoms with Gasteiger partial charge in [-0.25, -0.2) is 4.98 Å². The molecule has 4 nitrogen and oxygen atoms in total. The van der Waals surface area contributed by atoms with Gasteiger partial charge in [0.1, 0.15) is 11.3 Å². The molecule has 0 bridgehead atoms. The van der Waals surface area contributed by atoms with Crippen molar-refractivity contribution in [3.8, 4) is 0 Å². The second kappa shape index (κ2) is 5.46. The quantitative estimate of drug-likeness (QED) is 0.801. The molecule has 3 aromatic rings. The number of amides is 1. The van der Waals surface area contributed by atoms with Crippen LogP contribution < -0.4 is 5.32 Å². The fourth-order valence-corrected chi connectivity index (χ4v) is 2.74. The molecule has 1 N–H and O–H groups in total. The number of aryl methyl sites for hydroxylation is 1. The Morgan fingerprint density at radius 3 is 3.15 bits per heavy atom. The predicted molar refractivity (Wildman–Crippen MR) is 80.3 cm³/mol. The Morgan fingerprint density at radius 1 is 1.45 bits per heavy atom. The number of thiophene rings is 1. The molecule has 5 heteroatoms. The Balaban J connectivity index is 1.66. The van der Waals surface area contributed by atoms with Crippen LogP contribution in [-0.4, -0.2) is 21.8 Å². The van der Waals surface area contributed by atoms with Crippen molar-refractivity contribution in [2.75, 3.05) is 6.54 Å². The molecule has 0 aliphatic carbocycles. The number of nitrogens with one attached hydrogen (secondary N) is 1. The minimum absolute atomic E-state index is 0.124. The van der Waals surface area contributed by atoms with Crippen LogP contribution in [0.3, 0.4) is 0 Å². The zero-order valence-corrected chi connectivity index (χ0v) is 12.0. The number of aromatic nitrogens is 2. The first-order chi connectivity index (χ1) is 9.72. The Labute approximate surface area is 121 Å². The maximum atomic E-state index is 12.0. The molecule has 0 aliphatic rings. The zero-order valence-electron chi connectivity index (χ0n) is 11.2. The fourth-order valence-electron chi connectivity index (χ4n) is 2.04. The standard InChI is InChI=1S/C15H15N3OS/c1-11-3-6-18-9-13(17-14(18)8-11)15(19)16-5-2-12-4-7-20-10-12/h3-4,6-10H,2,5H2,1H3,(H,16,19). The molecule has 0 atom stereocenters. The smallest absolute Gasteiger partial charge is 0.271 e. The number of hydrogen-bond acceptors (Lipinski definition) is 3. The summed E-state index contributed by atoms with van der Waals surface area (Å²) in [7, 11) is 0. The van der Waals surface area contributed by atoms with Gasteiger partial charge < -0.3 is 9.72 Å². The summed E-state index contributed by atoms with van der Waals surface area (Å²) in [5.74, 6) is -0.124. The minimum Gasteiger partial charge on any atom is -0.350 e. The third-order valence-electron chi connectivity index (χ3n) is 3.13. The number of fused-ring (bicyclic) bond motifs is 1. The fraction of sp³-hybridized carbons (Fsp3) is 0.200. The number of pyridine rings is 1. The molecule has 0 aliphatic heterocycles. The largest absolute Gasteiger partial charge is 0.350 e. The van der Waals surface area contributed by atoms with Crippen LogP contribution in [0.5, 0.6) is 0 Å². The van der Waals surface area contributed by atoms with Gasteiger partial charge in [0.2, 0.25) is 0 Å². The van der Waals surface area contributed by atoms with Crippen molar-refractivity contribution in [1.82, 2.24) is 14.7 Å². The molecule has 0 saturated carbocycles. The average molecular weight is 285 g/mol. The number of carbonyl (C=O) groups excluding carboxylic acids is 1. The van der Waals surface area contributed by atoms with E-state index in [-0.39, 0.29) is 5.91 Å². The van der Waals surface area contributed by atoms with Crippen molar-refractivity contribution in [1.29, 1.82) is 0 Å². The van der Waals surface area contributed by atoms with Crippen molar-refractivity contribution in [2.45, 2.75) is 13.3 Å². The van der Waals surface area contributed by atoms with Gasteiger partial charge in [0.25, 0.3) is 5.91 Å². The van der Waals surface area contributed by atoms with Crippen LogP contribution in [0.15, 0.2) is 41.4 Å². The number of nitrogens with zero attached hydrogens (tertiary/aromatic N) is 2. The number of imidazole rings is 1. The SMILES string of the molecule is Cc1ccn2cc(C(=O)NCCc3ccsc3)nc2c1. The summed E-state index contributed by atoms with van der Waals surface area (Å²) in [6.07, 6.45) is 4.52. The molecule has 0 fully saturated rings. The molecule has 0 radical (unpaired) electrons. The molecule has 3 rings (SSSR count). The summed E-state index contributed by atoms with van der Waals surface area (Å²) in [5.41, 5.74) is 3.64. The van der Waals surface area contributed by atoms with E-state index < -0.39 is 0 Å². The lowest BCUT2D eigenvalue weighted by Crippen LogP contribution is -2.25. The lowest BCUT2D eigenvalue weighted by Gasteiger charge is -2.01. The second-order valence-corrected chi connectivity index (χ2v) is 5.51. The van der Waals surface area contributed by atoms with Crippen LogP contribution in [0.1, 0.15) is 21.6 Å². The topological polar surface area (TPSA) is 46.4 Å². The van der Waals surface area contributed by atoms with E-state index in [1.807, 2.05) is 35.0 Å². The van der Waals surface area contributed by atoms with Crippen molar-refractivity contribution in [2.24, 2.45) is 0 Å². The van der Waals surface area contributed by atoms with Gasteiger partial charge in [0, 0.05) is 18.9 Å². The van der Waals surface area contributed by atoms with Crippen molar-refractivity contribution in [3.63, 3.8) is 0 Å². The lowest BCUT2D eigenvalue weighted by molar-refractivity contribution is 0.0950. The molecule has 3 aromatic heterocycles. The summed E-state index contributed by atoms with van der Waals surface area (Å²) in [6, 6.07) is 6.03. The number of hydrogen-bond donors (Lipinski definition) is 1. The third-order valence-corrected chi connectivity index (χ3v) is 3.86. The molecule has 0 unspecified atom stereocenters. The van der Waals surface area contributed by atoms with E-state index >= 15 is 0 Å². The first kappa shape index (κ1) is 12.9. The normalized spacial score (nSPS) is 10.8. The highest BCUT2D eigenvalue weighted by atomic mass is 32.1. The summed E-state index contributed by atoms with van der Waals surface area (Å²) in [4.78, 5) is 16.4. The van der Waals surface area contributed by atoms with Crippen molar-refractivity contribution < 1.29 is 4.79 Å². The Bertz CT molecular complexity index is 731. The minimum atomic E-state index is -0.124. The third kappa shape index (κ3) is 2.72. The lowest BCUT2D eigenvalue weighted by atomic mass is 10.2. The van der Waals surface area contributed by atoms with Gasteiger partial charge in [-0.3, -0.25) is 4.79 Å². The van der Waals surface area contributed by atoms with Gasteiger partial charge in [-0.15, -0.1) is 0 Å². The zero-order chi connectivity index (χ0) is 13.9. The molecule has 20 heavy (non-hydrogen) atoms. The maximum Gasteiger partial charge on any atom is 0.271 e. The average Bonchev–Trinajstić information content (AvgIpc) is 3.06. The van der Waals surface area contributed by atoms with Crippen LogP contribution in [0.2, 0.25) is 0 Å². The molecular formula is C15H15N3OS. The monoisotopic (exact) mass is 285 g/mol. The highest BCUT2D eigenvalue weighted by molar-refractivity contribution is 7.07. The van der Waals surface area contributed by atoms with Gasteiger partial charge in [-0.05, 0) is 53.4 Å². The molecule has 0 saturated heterocycles. The van der Waals surface area contributed by atoms with E-state index in [2.05, 4.69) is 21.7 Å². The number of carbonyl (C=O) groups is 1. The predicted octanol–water partition coefficient (Wildman–Crippen LogP) is 2.68. The van der Waals surface area contributed by atoms with E-state index in [0.717, 1.165) is 17.6 Å². The Kier molecular flexibility index (Phi) is 3.52. The van der Waals surface area contributed by atoms with Crippen molar-refractivity contribution >= 4 is 22.9 Å². The van der Waals surface area contributed by atoms with Crippen LogP contribution in [-0.2, 0) is 6.42 Å². The molecule has 0 spiro atoms. The highest BCUT2D eigenvalue weighted by Crippen LogP contribution is 2.08. The Morgan fingerprint density at radius 2 is 2.35 bits per heavy atom. The van der Waals surface area contributed by atoms with Crippen LogP contribution in [0, 0.1) is 6.92 Å². The van der Waals surface area contributed by atoms with Crippen LogP contribution >= 0.6 is 11.3 Å². The van der Waals surface area contributed by atoms with E-state index in [1.165, 1.54) is 5.56 Å². The molecule has 1 amide bonds. The van der Waals surface area contributed by atoms with E-state index in [9.17, 15) is 4.79 Å². The molecular weight excluding hydrogens is 270 g/mol. The van der Waals surface area contributed by atoms with E-state index in [0.29, 0.717) is 12.2 Å². The van der Waals surface area contributed by atoms with E-state index in [4.69, 9.17) is 0 Å². The van der Waals surface area contributed by atoms with Gasteiger partial charge in [-0.2, -0.15) is 11.3 Å². The highest BCUT2D eigenvalue weighted by Gasteiger charge is 2.10. The van der Waals surface area contributed by atoms with Crippen LogP contribution in [0.4, 0.5) is 0 Å².